The summed E-state index contributed by atoms with van der Waals surface area (Å²) in [4.78, 5) is 0. The molecule has 15 heavy (non-hydrogen) atoms. The summed E-state index contributed by atoms with van der Waals surface area (Å²) in [7, 11) is 0. The Morgan fingerprint density at radius 3 is 2.67 bits per heavy atom. The fourth-order valence-corrected chi connectivity index (χ4v) is 5.99. The van der Waals surface area contributed by atoms with Gasteiger partial charge in [-0.05, 0) is 54.3 Å². The molecule has 0 radical (unpaired) electrons. The molecule has 0 saturated heterocycles. The third kappa shape index (κ3) is 0.797. The normalized spacial score (nSPS) is 58.3. The van der Waals surface area contributed by atoms with Crippen LogP contribution in [-0.2, 0) is 0 Å². The summed E-state index contributed by atoms with van der Waals surface area (Å²) in [6.45, 7) is 12.0. The zero-order valence-electron chi connectivity index (χ0n) is 10.5. The molecule has 0 heteroatoms. The first-order valence-electron chi connectivity index (χ1n) is 6.65. The molecule has 0 aromatic carbocycles. The molecule has 0 aromatic heterocycles. The van der Waals surface area contributed by atoms with Crippen LogP contribution in [0.4, 0.5) is 0 Å². The van der Waals surface area contributed by atoms with Gasteiger partial charge in [0.15, 0.2) is 0 Å². The Balaban J connectivity index is 2.21. The van der Waals surface area contributed by atoms with Crippen molar-refractivity contribution in [2.75, 3.05) is 0 Å². The average molecular weight is 204 g/mol. The van der Waals surface area contributed by atoms with Gasteiger partial charge in [-0.1, -0.05) is 39.3 Å². The lowest BCUT2D eigenvalue weighted by molar-refractivity contribution is 0.0171. The average Bonchev–Trinajstić information content (AvgIpc) is 2.67. The highest BCUT2D eigenvalue weighted by molar-refractivity contribution is 5.33. The van der Waals surface area contributed by atoms with Crippen LogP contribution in [0.25, 0.3) is 0 Å². The second kappa shape index (κ2) is 2.52. The lowest BCUT2D eigenvalue weighted by Gasteiger charge is -2.47. The summed E-state index contributed by atoms with van der Waals surface area (Å²) in [5, 5.41) is 0. The topological polar surface area (TPSA) is 0 Å². The molecule has 4 atom stereocenters. The van der Waals surface area contributed by atoms with E-state index >= 15 is 0 Å². The van der Waals surface area contributed by atoms with E-state index in [0.717, 1.165) is 5.92 Å². The first-order chi connectivity index (χ1) is 6.96. The number of rotatable bonds is 0. The Morgan fingerprint density at radius 2 is 1.93 bits per heavy atom. The van der Waals surface area contributed by atoms with Crippen LogP contribution in [0.15, 0.2) is 12.2 Å². The van der Waals surface area contributed by atoms with Crippen LogP contribution in [0.1, 0.15) is 59.3 Å². The quantitative estimate of drug-likeness (QED) is 0.507. The molecule has 0 N–H and O–H groups in total. The first kappa shape index (κ1) is 9.93. The van der Waals surface area contributed by atoms with Gasteiger partial charge in [0, 0.05) is 0 Å². The minimum atomic E-state index is 0.484. The van der Waals surface area contributed by atoms with E-state index in [-0.39, 0.29) is 0 Å². The maximum absolute atomic E-state index is 4.43. The van der Waals surface area contributed by atoms with Gasteiger partial charge in [0.05, 0.1) is 0 Å². The van der Waals surface area contributed by atoms with Crippen LogP contribution >= 0.6 is 0 Å². The Hall–Kier alpha value is -0.260. The van der Waals surface area contributed by atoms with Crippen molar-refractivity contribution in [1.29, 1.82) is 0 Å². The second-order valence-corrected chi connectivity index (χ2v) is 6.94. The molecule has 0 heterocycles. The lowest BCUT2D eigenvalue weighted by Crippen LogP contribution is -2.41. The molecule has 3 rings (SSSR count). The third-order valence-corrected chi connectivity index (χ3v) is 6.66. The predicted octanol–water partition coefficient (Wildman–Crippen LogP) is 4.56. The van der Waals surface area contributed by atoms with Gasteiger partial charge in [0.1, 0.15) is 0 Å². The molecular formula is C15H24. The van der Waals surface area contributed by atoms with Crippen molar-refractivity contribution in [2.45, 2.75) is 59.3 Å². The predicted molar refractivity (Wildman–Crippen MR) is 64.7 cm³/mol. The minimum absolute atomic E-state index is 0.484. The van der Waals surface area contributed by atoms with Crippen LogP contribution < -0.4 is 0 Å². The highest BCUT2D eigenvalue weighted by Gasteiger charge is 2.70. The van der Waals surface area contributed by atoms with Gasteiger partial charge in [0.2, 0.25) is 0 Å². The minimum Gasteiger partial charge on any atom is -0.0993 e. The number of allylic oxidation sites excluding steroid dienone is 1. The molecule has 0 amide bonds. The zero-order chi connectivity index (χ0) is 10.9. The summed E-state index contributed by atoms with van der Waals surface area (Å²) < 4.78 is 0. The largest absolute Gasteiger partial charge is 0.0993 e. The monoisotopic (exact) mass is 204 g/mol. The molecule has 0 aliphatic heterocycles. The zero-order valence-corrected chi connectivity index (χ0v) is 10.5. The summed E-state index contributed by atoms with van der Waals surface area (Å²) >= 11 is 0. The summed E-state index contributed by atoms with van der Waals surface area (Å²) in [6.07, 6.45) is 8.54. The molecule has 0 aromatic rings. The van der Waals surface area contributed by atoms with Gasteiger partial charge in [-0.2, -0.15) is 0 Å². The van der Waals surface area contributed by atoms with Gasteiger partial charge in [-0.3, -0.25) is 0 Å². The lowest BCUT2D eigenvalue weighted by atomic mass is 9.57. The van der Waals surface area contributed by atoms with Crippen LogP contribution in [0.5, 0.6) is 0 Å². The molecule has 4 unspecified atom stereocenters. The smallest absolute Gasteiger partial charge is 0.00545 e. The molecule has 3 aliphatic rings. The molecule has 1 spiro atoms. The summed E-state index contributed by atoms with van der Waals surface area (Å²) in [5.74, 6) is 0.925. The molecule has 3 saturated carbocycles. The second-order valence-electron chi connectivity index (χ2n) is 6.94. The van der Waals surface area contributed by atoms with Crippen molar-refractivity contribution in [3.63, 3.8) is 0 Å². The van der Waals surface area contributed by atoms with E-state index in [4.69, 9.17) is 0 Å². The highest BCUT2D eigenvalue weighted by Crippen LogP contribution is 2.79. The van der Waals surface area contributed by atoms with Crippen molar-refractivity contribution in [3.05, 3.63) is 12.2 Å². The van der Waals surface area contributed by atoms with Gasteiger partial charge < -0.3 is 0 Å². The molecule has 84 valence electrons. The van der Waals surface area contributed by atoms with Crippen molar-refractivity contribution in [3.8, 4) is 0 Å². The van der Waals surface area contributed by atoms with Crippen LogP contribution in [-0.4, -0.2) is 0 Å². The van der Waals surface area contributed by atoms with E-state index in [2.05, 4.69) is 27.4 Å². The maximum atomic E-state index is 4.43. The van der Waals surface area contributed by atoms with Crippen molar-refractivity contribution < 1.29 is 0 Å². The fourth-order valence-electron chi connectivity index (χ4n) is 5.99. The van der Waals surface area contributed by atoms with Gasteiger partial charge in [0.25, 0.3) is 0 Å². The SMILES string of the molecule is C=C1CC2(C)CCCC23C(C)CCC13C. The van der Waals surface area contributed by atoms with Gasteiger partial charge >= 0.3 is 0 Å². The number of hydrogen-bond donors (Lipinski definition) is 0. The van der Waals surface area contributed by atoms with E-state index in [9.17, 15) is 0 Å². The molecule has 3 aliphatic carbocycles. The van der Waals surface area contributed by atoms with Gasteiger partial charge in [-0.15, -0.1) is 0 Å². The Labute approximate surface area is 94.1 Å². The Kier molecular flexibility index (Phi) is 1.67. The van der Waals surface area contributed by atoms with Crippen LogP contribution in [0, 0.1) is 22.2 Å². The standard InChI is InChI=1S/C15H24/c1-11-6-9-14(4)12(2)10-13(3)7-5-8-15(11,13)14/h11H,2,5-10H2,1,3-4H3. The summed E-state index contributed by atoms with van der Waals surface area (Å²) in [5.41, 5.74) is 3.28. The molecule has 0 nitrogen and oxygen atoms in total. The van der Waals surface area contributed by atoms with Crippen LogP contribution in [0.3, 0.4) is 0 Å². The molecule has 3 fully saturated rings. The summed E-state index contributed by atoms with van der Waals surface area (Å²) in [6, 6.07) is 0. The molecular weight excluding hydrogens is 180 g/mol. The fraction of sp³-hybridized carbons (Fsp3) is 0.867. The van der Waals surface area contributed by atoms with Crippen molar-refractivity contribution in [2.24, 2.45) is 22.2 Å². The van der Waals surface area contributed by atoms with Gasteiger partial charge in [-0.25, -0.2) is 0 Å². The Bertz CT molecular complexity index is 329. The van der Waals surface area contributed by atoms with Crippen molar-refractivity contribution in [1.82, 2.24) is 0 Å². The highest BCUT2D eigenvalue weighted by atomic mass is 14.7. The van der Waals surface area contributed by atoms with E-state index in [1.54, 1.807) is 5.57 Å². The molecule has 0 bridgehead atoms. The van der Waals surface area contributed by atoms with Crippen LogP contribution in [0.2, 0.25) is 0 Å². The van der Waals surface area contributed by atoms with E-state index in [1.807, 2.05) is 0 Å². The van der Waals surface area contributed by atoms with E-state index in [0.29, 0.717) is 16.2 Å². The van der Waals surface area contributed by atoms with E-state index < -0.39 is 0 Å². The number of hydrogen-bond acceptors (Lipinski definition) is 0. The third-order valence-electron chi connectivity index (χ3n) is 6.66. The first-order valence-corrected chi connectivity index (χ1v) is 6.65. The maximum Gasteiger partial charge on any atom is -0.00545 e. The van der Waals surface area contributed by atoms with E-state index in [1.165, 1.54) is 38.5 Å². The Morgan fingerprint density at radius 1 is 1.20 bits per heavy atom. The van der Waals surface area contributed by atoms with Crippen molar-refractivity contribution >= 4 is 0 Å².